The van der Waals surface area contributed by atoms with E-state index >= 15 is 0 Å². The minimum absolute atomic E-state index is 0.228. The molecule has 0 fully saturated rings. The monoisotopic (exact) mass is 284 g/mol. The summed E-state index contributed by atoms with van der Waals surface area (Å²) in [5.41, 5.74) is 0.789. The summed E-state index contributed by atoms with van der Waals surface area (Å²) in [6.07, 6.45) is 0.0797. The standard InChI is InChI=1S/C17H16O4/c1-19-12-6-7-15-13(8-12)16-17(18,10-20-15)9-11-4-2-3-5-14(11)21-16/h2-8,16,18H,9-10H2,1H3/t16-,17-/m0/s1. The van der Waals surface area contributed by atoms with Gasteiger partial charge in [-0.25, -0.2) is 0 Å². The van der Waals surface area contributed by atoms with E-state index in [2.05, 4.69) is 0 Å². The summed E-state index contributed by atoms with van der Waals surface area (Å²) in [7, 11) is 1.62. The first kappa shape index (κ1) is 12.5. The molecule has 1 N–H and O–H groups in total. The molecule has 0 radical (unpaired) electrons. The highest BCUT2D eigenvalue weighted by Gasteiger charge is 2.48. The molecule has 4 heteroatoms. The number of fused-ring (bicyclic) bond motifs is 4. The SMILES string of the molecule is COc1ccc2c(c1)[C@@H]1Oc3ccccc3C[C@]1(O)CO2. The van der Waals surface area contributed by atoms with Gasteiger partial charge in [-0.1, -0.05) is 18.2 Å². The first-order valence-corrected chi connectivity index (χ1v) is 6.97. The smallest absolute Gasteiger partial charge is 0.160 e. The summed E-state index contributed by atoms with van der Waals surface area (Å²) in [5.74, 6) is 2.29. The van der Waals surface area contributed by atoms with Gasteiger partial charge in [-0.3, -0.25) is 0 Å². The molecule has 0 saturated heterocycles. The Morgan fingerprint density at radius 3 is 2.90 bits per heavy atom. The summed E-state index contributed by atoms with van der Waals surface area (Å²) in [4.78, 5) is 0. The van der Waals surface area contributed by atoms with Gasteiger partial charge in [-0.05, 0) is 29.8 Å². The lowest BCUT2D eigenvalue weighted by Crippen LogP contribution is -2.51. The van der Waals surface area contributed by atoms with Gasteiger partial charge in [0.15, 0.2) is 6.10 Å². The number of aliphatic hydroxyl groups is 1. The number of hydrogen-bond acceptors (Lipinski definition) is 4. The Bertz CT molecular complexity index is 697. The highest BCUT2D eigenvalue weighted by Crippen LogP contribution is 2.47. The molecule has 4 nitrogen and oxygen atoms in total. The molecular weight excluding hydrogens is 268 g/mol. The Morgan fingerprint density at radius 2 is 2.05 bits per heavy atom. The average Bonchev–Trinajstić information content (AvgIpc) is 2.52. The van der Waals surface area contributed by atoms with Gasteiger partial charge in [0.1, 0.15) is 29.5 Å². The third-order valence-corrected chi connectivity index (χ3v) is 4.18. The molecule has 2 atom stereocenters. The molecule has 0 unspecified atom stereocenters. The summed E-state index contributed by atoms with van der Waals surface area (Å²) >= 11 is 0. The van der Waals surface area contributed by atoms with Crippen molar-refractivity contribution in [2.75, 3.05) is 13.7 Å². The first-order chi connectivity index (χ1) is 10.2. The highest BCUT2D eigenvalue weighted by atomic mass is 16.5. The summed E-state index contributed by atoms with van der Waals surface area (Å²) < 4.78 is 17.1. The van der Waals surface area contributed by atoms with E-state index in [0.29, 0.717) is 6.42 Å². The largest absolute Gasteiger partial charge is 0.497 e. The second kappa shape index (κ2) is 4.40. The lowest BCUT2D eigenvalue weighted by Gasteiger charge is -2.44. The van der Waals surface area contributed by atoms with Crippen LogP contribution in [-0.2, 0) is 6.42 Å². The van der Waals surface area contributed by atoms with E-state index in [4.69, 9.17) is 14.2 Å². The molecule has 2 aromatic rings. The molecule has 4 rings (SSSR count). The summed E-state index contributed by atoms with van der Waals surface area (Å²) in [5, 5.41) is 11.0. The Morgan fingerprint density at radius 1 is 1.19 bits per heavy atom. The maximum Gasteiger partial charge on any atom is 0.160 e. The van der Waals surface area contributed by atoms with Crippen molar-refractivity contribution < 1.29 is 19.3 Å². The Hall–Kier alpha value is -2.20. The predicted molar refractivity (Wildman–Crippen MR) is 77.0 cm³/mol. The van der Waals surface area contributed by atoms with Gasteiger partial charge in [0, 0.05) is 12.0 Å². The lowest BCUT2D eigenvalue weighted by atomic mass is 9.81. The summed E-state index contributed by atoms with van der Waals surface area (Å²) in [6.45, 7) is 0.228. The van der Waals surface area contributed by atoms with Gasteiger partial charge in [-0.15, -0.1) is 0 Å². The molecule has 0 aliphatic carbocycles. The van der Waals surface area contributed by atoms with E-state index in [9.17, 15) is 5.11 Å². The third kappa shape index (κ3) is 1.87. The molecule has 2 heterocycles. The topological polar surface area (TPSA) is 47.9 Å². The van der Waals surface area contributed by atoms with Crippen LogP contribution in [0, 0.1) is 0 Å². The fourth-order valence-corrected chi connectivity index (χ4v) is 3.10. The number of hydrogen-bond donors (Lipinski definition) is 1. The predicted octanol–water partition coefficient (Wildman–Crippen LogP) is 2.49. The molecule has 108 valence electrons. The molecular formula is C17H16O4. The molecule has 2 aliphatic rings. The number of benzene rings is 2. The molecule has 21 heavy (non-hydrogen) atoms. The quantitative estimate of drug-likeness (QED) is 0.874. The van der Waals surface area contributed by atoms with Gasteiger partial charge in [-0.2, -0.15) is 0 Å². The molecule has 0 aromatic heterocycles. The van der Waals surface area contributed by atoms with Crippen LogP contribution in [0.25, 0.3) is 0 Å². The summed E-state index contributed by atoms with van der Waals surface area (Å²) in [6, 6.07) is 13.4. The zero-order valence-corrected chi connectivity index (χ0v) is 11.7. The highest BCUT2D eigenvalue weighted by molar-refractivity contribution is 5.48. The van der Waals surface area contributed by atoms with Crippen LogP contribution in [0.4, 0.5) is 0 Å². The number of rotatable bonds is 1. The van der Waals surface area contributed by atoms with Crippen LogP contribution in [0.5, 0.6) is 17.2 Å². The van der Waals surface area contributed by atoms with Crippen LogP contribution in [0.3, 0.4) is 0 Å². The van der Waals surface area contributed by atoms with Crippen molar-refractivity contribution in [3.63, 3.8) is 0 Å². The van der Waals surface area contributed by atoms with Crippen LogP contribution < -0.4 is 14.2 Å². The Balaban J connectivity index is 1.83. The maximum atomic E-state index is 11.0. The van der Waals surface area contributed by atoms with Crippen molar-refractivity contribution in [1.29, 1.82) is 0 Å². The van der Waals surface area contributed by atoms with E-state index in [-0.39, 0.29) is 6.61 Å². The van der Waals surface area contributed by atoms with Crippen LogP contribution in [0.15, 0.2) is 42.5 Å². The molecule has 0 bridgehead atoms. The van der Waals surface area contributed by atoms with E-state index in [1.807, 2.05) is 42.5 Å². The molecule has 2 aromatic carbocycles. The van der Waals surface area contributed by atoms with Gasteiger partial charge in [0.2, 0.25) is 0 Å². The Labute approximate surface area is 122 Å². The fraction of sp³-hybridized carbons (Fsp3) is 0.294. The van der Waals surface area contributed by atoms with Crippen LogP contribution in [0.1, 0.15) is 17.2 Å². The van der Waals surface area contributed by atoms with Gasteiger partial charge in [0.25, 0.3) is 0 Å². The van der Waals surface area contributed by atoms with Crippen molar-refractivity contribution in [3.05, 3.63) is 53.6 Å². The lowest BCUT2D eigenvalue weighted by molar-refractivity contribution is -0.113. The van der Waals surface area contributed by atoms with E-state index in [0.717, 1.165) is 28.4 Å². The van der Waals surface area contributed by atoms with E-state index in [1.54, 1.807) is 7.11 Å². The fourth-order valence-electron chi connectivity index (χ4n) is 3.10. The molecule has 0 saturated carbocycles. The van der Waals surface area contributed by atoms with Crippen molar-refractivity contribution >= 4 is 0 Å². The maximum absolute atomic E-state index is 11.0. The van der Waals surface area contributed by atoms with Crippen LogP contribution >= 0.6 is 0 Å². The number of ether oxygens (including phenoxy) is 3. The zero-order valence-electron chi connectivity index (χ0n) is 11.7. The van der Waals surface area contributed by atoms with Crippen LogP contribution in [0.2, 0.25) is 0 Å². The third-order valence-electron chi connectivity index (χ3n) is 4.18. The average molecular weight is 284 g/mol. The minimum Gasteiger partial charge on any atom is -0.497 e. The van der Waals surface area contributed by atoms with Crippen molar-refractivity contribution in [2.24, 2.45) is 0 Å². The molecule has 0 spiro atoms. The van der Waals surface area contributed by atoms with E-state index < -0.39 is 11.7 Å². The minimum atomic E-state index is -1.05. The molecule has 2 aliphatic heterocycles. The van der Waals surface area contributed by atoms with Crippen molar-refractivity contribution in [3.8, 4) is 17.2 Å². The van der Waals surface area contributed by atoms with Crippen molar-refractivity contribution in [2.45, 2.75) is 18.1 Å². The van der Waals surface area contributed by atoms with Gasteiger partial charge >= 0.3 is 0 Å². The second-order valence-corrected chi connectivity index (χ2v) is 5.58. The Kier molecular flexibility index (Phi) is 2.62. The number of methoxy groups -OCH3 is 1. The van der Waals surface area contributed by atoms with Gasteiger partial charge < -0.3 is 19.3 Å². The first-order valence-electron chi connectivity index (χ1n) is 6.97. The molecule has 0 amide bonds. The second-order valence-electron chi connectivity index (χ2n) is 5.58. The normalized spacial score (nSPS) is 25.7. The van der Waals surface area contributed by atoms with Gasteiger partial charge in [0.05, 0.1) is 7.11 Å². The number of para-hydroxylation sites is 1. The zero-order chi connectivity index (χ0) is 14.4. The van der Waals surface area contributed by atoms with Crippen molar-refractivity contribution in [1.82, 2.24) is 0 Å². The van der Waals surface area contributed by atoms with Crippen LogP contribution in [-0.4, -0.2) is 24.4 Å². The van der Waals surface area contributed by atoms with E-state index in [1.165, 1.54) is 0 Å².